The Labute approximate surface area is 105 Å². The highest BCUT2D eigenvalue weighted by Gasteiger charge is 2.12. The summed E-state index contributed by atoms with van der Waals surface area (Å²) in [4.78, 5) is 24.2. The van der Waals surface area contributed by atoms with Gasteiger partial charge in [-0.05, 0) is 24.3 Å². The average Bonchev–Trinajstić information content (AvgIpc) is 2.32. The van der Waals surface area contributed by atoms with E-state index >= 15 is 0 Å². The Balaban J connectivity index is 2.46. The van der Waals surface area contributed by atoms with Crippen molar-refractivity contribution in [1.29, 1.82) is 0 Å². The molecule has 0 saturated carbocycles. The average molecular weight is 254 g/mol. The van der Waals surface area contributed by atoms with Crippen LogP contribution in [0.4, 0.5) is 10.1 Å². The van der Waals surface area contributed by atoms with Crippen molar-refractivity contribution >= 4 is 17.5 Å². The zero-order chi connectivity index (χ0) is 13.5. The van der Waals surface area contributed by atoms with Crippen LogP contribution in [0.3, 0.4) is 0 Å². The van der Waals surface area contributed by atoms with Crippen molar-refractivity contribution in [3.63, 3.8) is 0 Å². The molecule has 0 aromatic heterocycles. The van der Waals surface area contributed by atoms with Crippen molar-refractivity contribution in [3.8, 4) is 0 Å². The first-order valence-corrected chi connectivity index (χ1v) is 5.31. The summed E-state index contributed by atoms with van der Waals surface area (Å²) < 4.78 is 17.3. The van der Waals surface area contributed by atoms with Gasteiger partial charge in [-0.15, -0.1) is 0 Å². The van der Waals surface area contributed by atoms with Gasteiger partial charge in [-0.1, -0.05) is 0 Å². The van der Waals surface area contributed by atoms with Crippen LogP contribution in [-0.2, 0) is 14.3 Å². The zero-order valence-corrected chi connectivity index (χ0v) is 10.3. The Hall–Kier alpha value is -1.95. The van der Waals surface area contributed by atoms with Gasteiger partial charge in [0.05, 0.1) is 6.54 Å². The standard InChI is InChI=1S/C12H15FN2O3/c1-15(12(17)8-18-2)7-11(16)14-10-5-3-9(13)4-6-10/h3-6H,7-8H2,1-2H3,(H,14,16). The highest BCUT2D eigenvalue weighted by molar-refractivity contribution is 5.94. The first-order valence-electron chi connectivity index (χ1n) is 5.31. The summed E-state index contributed by atoms with van der Waals surface area (Å²) in [5, 5.41) is 2.56. The number of methoxy groups -OCH3 is 1. The number of rotatable bonds is 5. The Morgan fingerprint density at radius 2 is 1.94 bits per heavy atom. The molecular formula is C12H15FN2O3. The van der Waals surface area contributed by atoms with Crippen LogP contribution in [0.1, 0.15) is 0 Å². The normalized spacial score (nSPS) is 9.94. The summed E-state index contributed by atoms with van der Waals surface area (Å²) in [5.74, 6) is -1.01. The molecule has 6 heteroatoms. The molecule has 1 rings (SSSR count). The van der Waals surface area contributed by atoms with Crippen molar-refractivity contribution in [2.75, 3.05) is 32.6 Å². The van der Waals surface area contributed by atoms with Crippen molar-refractivity contribution in [2.45, 2.75) is 0 Å². The van der Waals surface area contributed by atoms with E-state index in [-0.39, 0.29) is 30.8 Å². The summed E-state index contributed by atoms with van der Waals surface area (Å²) in [6.07, 6.45) is 0. The SMILES string of the molecule is COCC(=O)N(C)CC(=O)Nc1ccc(F)cc1. The number of amides is 2. The molecule has 0 unspecified atom stereocenters. The second kappa shape index (κ2) is 6.70. The van der Waals surface area contributed by atoms with E-state index in [4.69, 9.17) is 0 Å². The van der Waals surface area contributed by atoms with Gasteiger partial charge in [-0.2, -0.15) is 0 Å². The molecule has 0 atom stereocenters. The number of carbonyl (C=O) groups is 2. The smallest absolute Gasteiger partial charge is 0.248 e. The minimum absolute atomic E-state index is 0.0691. The van der Waals surface area contributed by atoms with E-state index in [0.29, 0.717) is 5.69 Å². The number of halogens is 1. The van der Waals surface area contributed by atoms with E-state index in [1.807, 2.05) is 0 Å². The molecule has 0 fully saturated rings. The quantitative estimate of drug-likeness (QED) is 0.848. The largest absolute Gasteiger partial charge is 0.375 e. The molecule has 0 bridgehead atoms. The first kappa shape index (κ1) is 14.1. The number of nitrogens with zero attached hydrogens (tertiary/aromatic N) is 1. The number of benzene rings is 1. The van der Waals surface area contributed by atoms with Gasteiger partial charge in [0.1, 0.15) is 12.4 Å². The van der Waals surface area contributed by atoms with Crippen molar-refractivity contribution in [1.82, 2.24) is 4.90 Å². The van der Waals surface area contributed by atoms with Gasteiger partial charge in [0, 0.05) is 19.8 Å². The van der Waals surface area contributed by atoms with E-state index in [1.54, 1.807) is 0 Å². The molecule has 0 aliphatic rings. The maximum atomic E-state index is 12.6. The van der Waals surface area contributed by atoms with E-state index in [9.17, 15) is 14.0 Å². The summed E-state index contributed by atoms with van der Waals surface area (Å²) in [7, 11) is 2.91. The van der Waals surface area contributed by atoms with Crippen molar-refractivity contribution in [3.05, 3.63) is 30.1 Å². The molecule has 0 heterocycles. The molecule has 1 aromatic carbocycles. The lowest BCUT2D eigenvalue weighted by molar-refractivity contribution is -0.136. The summed E-state index contributed by atoms with van der Waals surface area (Å²) >= 11 is 0. The van der Waals surface area contributed by atoms with Gasteiger partial charge in [-0.25, -0.2) is 4.39 Å². The van der Waals surface area contributed by atoms with Crippen LogP contribution in [0.25, 0.3) is 0 Å². The fourth-order valence-corrected chi connectivity index (χ4v) is 1.27. The number of hydrogen-bond acceptors (Lipinski definition) is 3. The molecule has 18 heavy (non-hydrogen) atoms. The van der Waals surface area contributed by atoms with Gasteiger partial charge >= 0.3 is 0 Å². The Morgan fingerprint density at radius 1 is 1.33 bits per heavy atom. The van der Waals surface area contributed by atoms with Gasteiger partial charge in [0.15, 0.2) is 0 Å². The Kier molecular flexibility index (Phi) is 5.26. The minimum Gasteiger partial charge on any atom is -0.375 e. The minimum atomic E-state index is -0.375. The van der Waals surface area contributed by atoms with Crippen LogP contribution in [0.5, 0.6) is 0 Å². The molecule has 0 radical (unpaired) electrons. The van der Waals surface area contributed by atoms with Crippen molar-refractivity contribution in [2.24, 2.45) is 0 Å². The van der Waals surface area contributed by atoms with E-state index in [0.717, 1.165) is 0 Å². The second-order valence-corrected chi connectivity index (χ2v) is 3.74. The lowest BCUT2D eigenvalue weighted by atomic mass is 10.3. The third kappa shape index (κ3) is 4.50. The van der Waals surface area contributed by atoms with E-state index < -0.39 is 0 Å². The summed E-state index contributed by atoms with van der Waals surface area (Å²) in [6, 6.07) is 5.39. The molecule has 98 valence electrons. The molecule has 5 nitrogen and oxygen atoms in total. The van der Waals surface area contributed by atoms with Crippen LogP contribution in [0, 0.1) is 5.82 Å². The fourth-order valence-electron chi connectivity index (χ4n) is 1.27. The van der Waals surface area contributed by atoms with Crippen LogP contribution in [-0.4, -0.2) is 44.0 Å². The first-order chi connectivity index (χ1) is 8.52. The highest BCUT2D eigenvalue weighted by Crippen LogP contribution is 2.07. The van der Waals surface area contributed by atoms with Gasteiger partial charge < -0.3 is 15.0 Å². The van der Waals surface area contributed by atoms with Crippen molar-refractivity contribution < 1.29 is 18.7 Å². The number of ether oxygens (including phenoxy) is 1. The molecule has 1 N–H and O–H groups in total. The maximum absolute atomic E-state index is 12.6. The second-order valence-electron chi connectivity index (χ2n) is 3.74. The lowest BCUT2D eigenvalue weighted by Crippen LogP contribution is -2.36. The predicted molar refractivity (Wildman–Crippen MR) is 64.5 cm³/mol. The van der Waals surface area contributed by atoms with Gasteiger partial charge in [-0.3, -0.25) is 9.59 Å². The maximum Gasteiger partial charge on any atom is 0.248 e. The highest BCUT2D eigenvalue weighted by atomic mass is 19.1. The number of likely N-dealkylation sites (N-methyl/N-ethyl adjacent to an activating group) is 1. The third-order valence-electron chi connectivity index (χ3n) is 2.20. The number of anilines is 1. The summed E-state index contributed by atoms with van der Waals surface area (Å²) in [5.41, 5.74) is 0.481. The molecule has 0 saturated heterocycles. The van der Waals surface area contributed by atoms with E-state index in [2.05, 4.69) is 10.1 Å². The fraction of sp³-hybridized carbons (Fsp3) is 0.333. The number of nitrogens with one attached hydrogen (secondary N) is 1. The molecular weight excluding hydrogens is 239 g/mol. The van der Waals surface area contributed by atoms with Gasteiger partial charge in [0.2, 0.25) is 11.8 Å². The monoisotopic (exact) mass is 254 g/mol. The van der Waals surface area contributed by atoms with Crippen LogP contribution < -0.4 is 5.32 Å². The topological polar surface area (TPSA) is 58.6 Å². The lowest BCUT2D eigenvalue weighted by Gasteiger charge is -2.16. The third-order valence-corrected chi connectivity index (χ3v) is 2.20. The summed E-state index contributed by atoms with van der Waals surface area (Å²) in [6.45, 7) is -0.153. The number of hydrogen-bond donors (Lipinski definition) is 1. The molecule has 1 aromatic rings. The molecule has 0 spiro atoms. The van der Waals surface area contributed by atoms with Crippen LogP contribution in [0.15, 0.2) is 24.3 Å². The number of carbonyl (C=O) groups excluding carboxylic acids is 2. The van der Waals surface area contributed by atoms with E-state index in [1.165, 1.54) is 43.3 Å². The zero-order valence-electron chi connectivity index (χ0n) is 10.3. The van der Waals surface area contributed by atoms with Gasteiger partial charge in [0.25, 0.3) is 0 Å². The van der Waals surface area contributed by atoms with Crippen LogP contribution >= 0.6 is 0 Å². The molecule has 2 amide bonds. The Morgan fingerprint density at radius 3 is 2.50 bits per heavy atom. The predicted octanol–water partition coefficient (Wildman–Crippen LogP) is 0.869. The Bertz CT molecular complexity index is 420. The molecule has 0 aliphatic heterocycles. The van der Waals surface area contributed by atoms with Crippen LogP contribution in [0.2, 0.25) is 0 Å². The molecule has 0 aliphatic carbocycles.